The van der Waals surface area contributed by atoms with Gasteiger partial charge >= 0.3 is 12.0 Å². The van der Waals surface area contributed by atoms with Crippen molar-refractivity contribution in [1.29, 1.82) is 0 Å². The Balaban J connectivity index is 1.98. The Kier molecular flexibility index (Phi) is 6.17. The van der Waals surface area contributed by atoms with Crippen molar-refractivity contribution < 1.29 is 19.1 Å². The molecule has 24 heavy (non-hydrogen) atoms. The van der Waals surface area contributed by atoms with Crippen LogP contribution in [0.2, 0.25) is 0 Å². The molecule has 1 heterocycles. The predicted molar refractivity (Wildman–Crippen MR) is 89.9 cm³/mol. The minimum absolute atomic E-state index is 0.0272. The number of hydrogen-bond acceptors (Lipinski definition) is 4. The lowest BCUT2D eigenvalue weighted by molar-refractivity contribution is -0.128. The number of benzene rings is 1. The summed E-state index contributed by atoms with van der Waals surface area (Å²) < 4.78 is 4.96. The van der Waals surface area contributed by atoms with Gasteiger partial charge in [0.1, 0.15) is 0 Å². The van der Waals surface area contributed by atoms with Gasteiger partial charge < -0.3 is 19.9 Å². The van der Waals surface area contributed by atoms with Gasteiger partial charge in [-0.25, -0.2) is 9.59 Å². The Bertz CT molecular complexity index is 618. The summed E-state index contributed by atoms with van der Waals surface area (Å²) in [7, 11) is 0. The van der Waals surface area contributed by atoms with E-state index in [1.807, 2.05) is 0 Å². The summed E-state index contributed by atoms with van der Waals surface area (Å²) in [5.41, 5.74) is 0.937. The predicted octanol–water partition coefficient (Wildman–Crippen LogP) is 1.95. The topological polar surface area (TPSA) is 79.0 Å². The quantitative estimate of drug-likeness (QED) is 0.858. The van der Waals surface area contributed by atoms with Crippen molar-refractivity contribution in [3.05, 3.63) is 29.8 Å². The number of nitrogens with one attached hydrogen (secondary N) is 1. The maximum absolute atomic E-state index is 12.4. The number of urea groups is 1. The first-order valence-corrected chi connectivity index (χ1v) is 8.10. The SMILES string of the molecule is CCOC(=O)c1cccc(NC(=O)N2CCCN(C(C)=O)CC2)c1. The molecular weight excluding hydrogens is 310 g/mol. The monoisotopic (exact) mass is 333 g/mol. The van der Waals surface area contributed by atoms with Crippen molar-refractivity contribution >= 4 is 23.6 Å². The summed E-state index contributed by atoms with van der Waals surface area (Å²) >= 11 is 0. The molecule has 1 aliphatic heterocycles. The molecule has 2 rings (SSSR count). The van der Waals surface area contributed by atoms with Gasteiger partial charge in [-0.3, -0.25) is 4.79 Å². The smallest absolute Gasteiger partial charge is 0.338 e. The van der Waals surface area contributed by atoms with Crippen molar-refractivity contribution in [3.63, 3.8) is 0 Å². The second-order valence-corrected chi connectivity index (χ2v) is 5.58. The minimum atomic E-state index is -0.416. The highest BCUT2D eigenvalue weighted by atomic mass is 16.5. The zero-order valence-electron chi connectivity index (χ0n) is 14.1. The van der Waals surface area contributed by atoms with Gasteiger partial charge in [-0.05, 0) is 31.5 Å². The molecule has 3 amide bonds. The summed E-state index contributed by atoms with van der Waals surface area (Å²) in [4.78, 5) is 39.0. The van der Waals surface area contributed by atoms with Crippen LogP contribution in [0.1, 0.15) is 30.6 Å². The number of rotatable bonds is 3. The zero-order valence-corrected chi connectivity index (χ0v) is 14.1. The molecular formula is C17H23N3O4. The second-order valence-electron chi connectivity index (χ2n) is 5.58. The summed E-state index contributed by atoms with van der Waals surface area (Å²) in [6.45, 7) is 5.86. The Hall–Kier alpha value is -2.57. The molecule has 1 saturated heterocycles. The van der Waals surface area contributed by atoms with Crippen LogP contribution in [0.15, 0.2) is 24.3 Å². The molecule has 130 valence electrons. The van der Waals surface area contributed by atoms with Crippen LogP contribution in [-0.2, 0) is 9.53 Å². The molecule has 7 heteroatoms. The van der Waals surface area contributed by atoms with E-state index >= 15 is 0 Å². The summed E-state index contributed by atoms with van der Waals surface area (Å²) in [5.74, 6) is -0.389. The van der Waals surface area contributed by atoms with Crippen molar-refractivity contribution in [3.8, 4) is 0 Å². The molecule has 1 aromatic carbocycles. The Morgan fingerprint density at radius 3 is 2.54 bits per heavy atom. The van der Waals surface area contributed by atoms with Crippen LogP contribution in [-0.4, -0.2) is 60.5 Å². The summed E-state index contributed by atoms with van der Waals surface area (Å²) in [6, 6.07) is 6.42. The molecule has 7 nitrogen and oxygen atoms in total. The summed E-state index contributed by atoms with van der Waals surface area (Å²) in [5, 5.41) is 2.80. The Labute approximate surface area is 141 Å². The van der Waals surface area contributed by atoms with Crippen molar-refractivity contribution in [2.24, 2.45) is 0 Å². The van der Waals surface area contributed by atoms with Gasteiger partial charge in [-0.15, -0.1) is 0 Å². The molecule has 1 aromatic rings. The fraction of sp³-hybridized carbons (Fsp3) is 0.471. The van der Waals surface area contributed by atoms with E-state index < -0.39 is 5.97 Å². The first-order chi connectivity index (χ1) is 11.5. The number of amides is 3. The average Bonchev–Trinajstić information content (AvgIpc) is 2.81. The van der Waals surface area contributed by atoms with Gasteiger partial charge in [-0.2, -0.15) is 0 Å². The van der Waals surface area contributed by atoms with E-state index in [1.54, 1.807) is 41.0 Å². The Morgan fingerprint density at radius 1 is 1.12 bits per heavy atom. The number of carbonyl (C=O) groups excluding carboxylic acids is 3. The van der Waals surface area contributed by atoms with Crippen LogP contribution in [0.25, 0.3) is 0 Å². The summed E-state index contributed by atoms with van der Waals surface area (Å²) in [6.07, 6.45) is 0.746. The van der Waals surface area contributed by atoms with E-state index in [0.717, 1.165) is 6.42 Å². The maximum atomic E-state index is 12.4. The van der Waals surface area contributed by atoms with E-state index in [-0.39, 0.29) is 11.9 Å². The third kappa shape index (κ3) is 4.71. The van der Waals surface area contributed by atoms with Crippen molar-refractivity contribution in [2.45, 2.75) is 20.3 Å². The van der Waals surface area contributed by atoms with E-state index in [4.69, 9.17) is 4.74 Å². The molecule has 0 radical (unpaired) electrons. The van der Waals surface area contributed by atoms with E-state index in [1.165, 1.54) is 6.92 Å². The average molecular weight is 333 g/mol. The lowest BCUT2D eigenvalue weighted by Gasteiger charge is -2.21. The second kappa shape index (κ2) is 8.33. The Morgan fingerprint density at radius 2 is 1.83 bits per heavy atom. The molecule has 0 unspecified atom stereocenters. The van der Waals surface area contributed by atoms with Crippen molar-refractivity contribution in [2.75, 3.05) is 38.1 Å². The van der Waals surface area contributed by atoms with Crippen molar-refractivity contribution in [1.82, 2.24) is 9.80 Å². The highest BCUT2D eigenvalue weighted by Gasteiger charge is 2.20. The fourth-order valence-corrected chi connectivity index (χ4v) is 2.58. The highest BCUT2D eigenvalue weighted by molar-refractivity contribution is 5.94. The molecule has 1 N–H and O–H groups in total. The van der Waals surface area contributed by atoms with Gasteiger partial charge in [0.25, 0.3) is 0 Å². The number of ether oxygens (including phenoxy) is 1. The number of nitrogens with zero attached hydrogens (tertiary/aromatic N) is 2. The lowest BCUT2D eigenvalue weighted by Crippen LogP contribution is -2.38. The van der Waals surface area contributed by atoms with Gasteiger partial charge in [0, 0.05) is 38.8 Å². The fourth-order valence-electron chi connectivity index (χ4n) is 2.58. The first-order valence-electron chi connectivity index (χ1n) is 8.10. The van der Waals surface area contributed by atoms with E-state index in [2.05, 4.69) is 5.32 Å². The minimum Gasteiger partial charge on any atom is -0.462 e. The van der Waals surface area contributed by atoms with Crippen LogP contribution < -0.4 is 5.32 Å². The van der Waals surface area contributed by atoms with Crippen LogP contribution in [0.3, 0.4) is 0 Å². The highest BCUT2D eigenvalue weighted by Crippen LogP contribution is 2.13. The molecule has 0 aromatic heterocycles. The maximum Gasteiger partial charge on any atom is 0.338 e. The number of carbonyl (C=O) groups is 3. The molecule has 0 bridgehead atoms. The number of hydrogen-bond donors (Lipinski definition) is 1. The number of esters is 1. The van der Waals surface area contributed by atoms with Gasteiger partial charge in [0.2, 0.25) is 5.91 Å². The molecule has 1 aliphatic rings. The molecule has 0 spiro atoms. The van der Waals surface area contributed by atoms with Gasteiger partial charge in [-0.1, -0.05) is 6.07 Å². The van der Waals surface area contributed by atoms with Gasteiger partial charge in [0.05, 0.1) is 12.2 Å². The van der Waals surface area contributed by atoms with Gasteiger partial charge in [0.15, 0.2) is 0 Å². The molecule has 0 saturated carbocycles. The largest absolute Gasteiger partial charge is 0.462 e. The van der Waals surface area contributed by atoms with E-state index in [0.29, 0.717) is 44.0 Å². The lowest BCUT2D eigenvalue weighted by atomic mass is 10.2. The third-order valence-electron chi connectivity index (χ3n) is 3.85. The molecule has 0 atom stereocenters. The van der Waals surface area contributed by atoms with Crippen LogP contribution >= 0.6 is 0 Å². The van der Waals surface area contributed by atoms with Crippen LogP contribution in [0.4, 0.5) is 10.5 Å². The van der Waals surface area contributed by atoms with Crippen LogP contribution in [0, 0.1) is 0 Å². The standard InChI is InChI=1S/C17H23N3O4/c1-3-24-16(22)14-6-4-7-15(12-14)18-17(23)20-9-5-8-19(10-11-20)13(2)21/h4,6-7,12H,3,5,8-11H2,1-2H3,(H,18,23). The normalized spacial score (nSPS) is 14.8. The van der Waals surface area contributed by atoms with Crippen LogP contribution in [0.5, 0.6) is 0 Å². The number of anilines is 1. The zero-order chi connectivity index (χ0) is 17.5. The first kappa shape index (κ1) is 17.8. The third-order valence-corrected chi connectivity index (χ3v) is 3.85. The van der Waals surface area contributed by atoms with E-state index in [9.17, 15) is 14.4 Å². The molecule has 0 aliphatic carbocycles. The molecule has 1 fully saturated rings.